The maximum absolute atomic E-state index is 9.51. The van der Waals surface area contributed by atoms with Gasteiger partial charge in [0.25, 0.3) is 0 Å². The molecule has 1 unspecified atom stereocenters. The third kappa shape index (κ3) is 1.94. The third-order valence-electron chi connectivity index (χ3n) is 3.19. The molecule has 0 radical (unpaired) electrons. The van der Waals surface area contributed by atoms with Crippen LogP contribution in [0.25, 0.3) is 16.3 Å². The molecular formula is C14H12ClNO. The number of halogens is 1. The molecule has 86 valence electrons. The van der Waals surface area contributed by atoms with Gasteiger partial charge in [-0.05, 0) is 41.5 Å². The van der Waals surface area contributed by atoms with E-state index in [-0.39, 0.29) is 6.10 Å². The molecule has 3 rings (SSSR count). The summed E-state index contributed by atoms with van der Waals surface area (Å²) < 4.78 is 0. The van der Waals surface area contributed by atoms with Gasteiger partial charge in [-0.1, -0.05) is 29.8 Å². The smallest absolute Gasteiger partial charge is 0.136 e. The maximum Gasteiger partial charge on any atom is 0.136 e. The molecule has 0 saturated heterocycles. The van der Waals surface area contributed by atoms with Crippen LogP contribution in [0, 0.1) is 0 Å². The number of pyridine rings is 1. The van der Waals surface area contributed by atoms with Gasteiger partial charge in [0.2, 0.25) is 0 Å². The third-order valence-corrected chi connectivity index (χ3v) is 3.49. The predicted octanol–water partition coefficient (Wildman–Crippen LogP) is 3.43. The fraction of sp³-hybridized carbons (Fsp3) is 0.214. The Hall–Kier alpha value is -1.38. The number of aliphatic hydroxyl groups excluding tert-OH is 1. The van der Waals surface area contributed by atoms with E-state index in [1.54, 1.807) is 6.20 Å². The van der Waals surface area contributed by atoms with E-state index in [4.69, 9.17) is 11.6 Å². The van der Waals surface area contributed by atoms with Gasteiger partial charge in [-0.25, -0.2) is 4.98 Å². The average molecular weight is 246 g/mol. The second-order valence-electron chi connectivity index (χ2n) is 4.34. The van der Waals surface area contributed by atoms with Crippen LogP contribution in [0.5, 0.6) is 0 Å². The molecule has 0 aliphatic heterocycles. The molecular weight excluding hydrogens is 234 g/mol. The fourth-order valence-corrected chi connectivity index (χ4v) is 2.51. The van der Waals surface area contributed by atoms with Gasteiger partial charge in [0, 0.05) is 11.6 Å². The summed E-state index contributed by atoms with van der Waals surface area (Å²) in [6, 6.07) is 8.09. The van der Waals surface area contributed by atoms with Crippen molar-refractivity contribution in [2.24, 2.45) is 0 Å². The van der Waals surface area contributed by atoms with E-state index in [1.165, 1.54) is 5.57 Å². The number of hydrogen-bond acceptors (Lipinski definition) is 2. The number of allylic oxidation sites excluding steroid dienone is 1. The van der Waals surface area contributed by atoms with E-state index >= 15 is 0 Å². The highest BCUT2D eigenvalue weighted by Gasteiger charge is 2.14. The minimum absolute atomic E-state index is 0.290. The SMILES string of the molecule is OC1C=C(c2ccc3c(Cl)nccc3c2)CC1. The molecule has 1 aromatic carbocycles. The summed E-state index contributed by atoms with van der Waals surface area (Å²) in [5.41, 5.74) is 2.38. The Balaban J connectivity index is 2.11. The zero-order chi connectivity index (χ0) is 11.8. The van der Waals surface area contributed by atoms with Gasteiger partial charge in [0.1, 0.15) is 5.15 Å². The van der Waals surface area contributed by atoms with Gasteiger partial charge >= 0.3 is 0 Å². The molecule has 1 aliphatic rings. The van der Waals surface area contributed by atoms with E-state index in [2.05, 4.69) is 11.1 Å². The van der Waals surface area contributed by atoms with Crippen LogP contribution in [0.1, 0.15) is 18.4 Å². The molecule has 2 nitrogen and oxygen atoms in total. The Kier molecular flexibility index (Phi) is 2.61. The summed E-state index contributed by atoms with van der Waals surface area (Å²) >= 11 is 6.03. The van der Waals surface area contributed by atoms with Crippen molar-refractivity contribution in [3.8, 4) is 0 Å². The first-order chi connectivity index (χ1) is 8.24. The topological polar surface area (TPSA) is 33.1 Å². The minimum atomic E-state index is -0.290. The van der Waals surface area contributed by atoms with Crippen molar-refractivity contribution in [2.45, 2.75) is 18.9 Å². The molecule has 0 saturated carbocycles. The summed E-state index contributed by atoms with van der Waals surface area (Å²) in [5, 5.41) is 12.1. The van der Waals surface area contributed by atoms with Crippen LogP contribution in [0.3, 0.4) is 0 Å². The number of benzene rings is 1. The minimum Gasteiger partial charge on any atom is -0.389 e. The molecule has 3 heteroatoms. The molecule has 0 bridgehead atoms. The van der Waals surface area contributed by atoms with Crippen LogP contribution in [0.2, 0.25) is 5.15 Å². The van der Waals surface area contributed by atoms with Crippen LogP contribution < -0.4 is 0 Å². The highest BCUT2D eigenvalue weighted by atomic mass is 35.5. The molecule has 1 aliphatic carbocycles. The first-order valence-corrected chi connectivity index (χ1v) is 6.05. The van der Waals surface area contributed by atoms with Gasteiger partial charge in [0.15, 0.2) is 0 Å². The fourth-order valence-electron chi connectivity index (χ4n) is 2.28. The van der Waals surface area contributed by atoms with E-state index in [0.717, 1.165) is 29.2 Å². The van der Waals surface area contributed by atoms with Crippen molar-refractivity contribution in [3.63, 3.8) is 0 Å². The number of aromatic nitrogens is 1. The second-order valence-corrected chi connectivity index (χ2v) is 4.69. The first-order valence-electron chi connectivity index (χ1n) is 5.67. The maximum atomic E-state index is 9.51. The lowest BCUT2D eigenvalue weighted by atomic mass is 10.0. The Morgan fingerprint density at radius 3 is 2.94 bits per heavy atom. The molecule has 0 amide bonds. The Labute approximate surface area is 105 Å². The summed E-state index contributed by atoms with van der Waals surface area (Å²) in [5.74, 6) is 0. The van der Waals surface area contributed by atoms with Crippen molar-refractivity contribution in [2.75, 3.05) is 0 Å². The second kappa shape index (κ2) is 4.13. The van der Waals surface area contributed by atoms with Crippen LogP contribution in [-0.2, 0) is 0 Å². The van der Waals surface area contributed by atoms with Crippen LogP contribution in [0.15, 0.2) is 36.5 Å². The molecule has 1 atom stereocenters. The Bertz CT molecular complexity index is 606. The molecule has 1 heterocycles. The van der Waals surface area contributed by atoms with Crippen molar-refractivity contribution < 1.29 is 5.11 Å². The van der Waals surface area contributed by atoms with Gasteiger partial charge in [-0.2, -0.15) is 0 Å². The molecule has 1 N–H and O–H groups in total. The van der Waals surface area contributed by atoms with Crippen LogP contribution in [0.4, 0.5) is 0 Å². The quantitative estimate of drug-likeness (QED) is 0.781. The first kappa shape index (κ1) is 10.8. The number of hydrogen-bond donors (Lipinski definition) is 1. The molecule has 2 aromatic rings. The summed E-state index contributed by atoms with van der Waals surface area (Å²) in [6.45, 7) is 0. The predicted molar refractivity (Wildman–Crippen MR) is 70.0 cm³/mol. The summed E-state index contributed by atoms with van der Waals surface area (Å²) in [7, 11) is 0. The van der Waals surface area contributed by atoms with Crippen molar-refractivity contribution in [3.05, 3.63) is 47.3 Å². The standard InChI is InChI=1S/C14H12ClNO/c15-14-13-4-2-9(7-11(13)5-6-16-14)10-1-3-12(17)8-10/h2,4-8,12,17H,1,3H2. The van der Waals surface area contributed by atoms with E-state index in [9.17, 15) is 5.11 Å². The molecule has 1 aromatic heterocycles. The van der Waals surface area contributed by atoms with E-state index in [1.807, 2.05) is 24.3 Å². The van der Waals surface area contributed by atoms with Crippen LogP contribution >= 0.6 is 11.6 Å². The van der Waals surface area contributed by atoms with Gasteiger partial charge < -0.3 is 5.11 Å². The monoisotopic (exact) mass is 245 g/mol. The molecule has 17 heavy (non-hydrogen) atoms. The van der Waals surface area contributed by atoms with E-state index in [0.29, 0.717) is 5.15 Å². The Morgan fingerprint density at radius 1 is 1.29 bits per heavy atom. The largest absolute Gasteiger partial charge is 0.389 e. The lowest BCUT2D eigenvalue weighted by molar-refractivity contribution is 0.223. The average Bonchev–Trinajstić information content (AvgIpc) is 2.76. The van der Waals surface area contributed by atoms with Gasteiger partial charge in [0.05, 0.1) is 6.10 Å². The zero-order valence-corrected chi connectivity index (χ0v) is 9.98. The van der Waals surface area contributed by atoms with Gasteiger partial charge in [-0.3, -0.25) is 0 Å². The number of fused-ring (bicyclic) bond motifs is 1. The number of rotatable bonds is 1. The summed E-state index contributed by atoms with van der Waals surface area (Å²) in [4.78, 5) is 4.06. The normalized spacial score (nSPS) is 19.6. The summed E-state index contributed by atoms with van der Waals surface area (Å²) in [6.07, 6.45) is 5.12. The number of nitrogens with zero attached hydrogens (tertiary/aromatic N) is 1. The highest BCUT2D eigenvalue weighted by Crippen LogP contribution is 2.31. The van der Waals surface area contributed by atoms with E-state index < -0.39 is 0 Å². The lowest BCUT2D eigenvalue weighted by Gasteiger charge is -2.05. The number of aliphatic hydroxyl groups is 1. The van der Waals surface area contributed by atoms with Crippen molar-refractivity contribution >= 4 is 27.9 Å². The molecule has 0 fully saturated rings. The Morgan fingerprint density at radius 2 is 2.18 bits per heavy atom. The molecule has 0 spiro atoms. The lowest BCUT2D eigenvalue weighted by Crippen LogP contribution is -1.93. The van der Waals surface area contributed by atoms with Crippen molar-refractivity contribution in [1.29, 1.82) is 0 Å². The highest BCUT2D eigenvalue weighted by molar-refractivity contribution is 6.34. The zero-order valence-electron chi connectivity index (χ0n) is 9.23. The van der Waals surface area contributed by atoms with Crippen molar-refractivity contribution in [1.82, 2.24) is 4.98 Å². The van der Waals surface area contributed by atoms with Gasteiger partial charge in [-0.15, -0.1) is 0 Å². The van der Waals surface area contributed by atoms with Crippen LogP contribution in [-0.4, -0.2) is 16.2 Å².